The Labute approximate surface area is 201 Å². The van der Waals surface area contributed by atoms with Gasteiger partial charge >= 0.3 is 0 Å². The first kappa shape index (κ1) is 23.1. The Morgan fingerprint density at radius 2 is 1.20 bits per heavy atom. The zero-order valence-corrected chi connectivity index (χ0v) is 19.0. The summed E-state index contributed by atoms with van der Waals surface area (Å²) < 4.78 is 40.2. The van der Waals surface area contributed by atoms with Crippen LogP contribution in [0.25, 0.3) is 11.1 Å². The van der Waals surface area contributed by atoms with Gasteiger partial charge in [-0.1, -0.05) is 30.3 Å². The molecule has 180 valence electrons. The zero-order valence-electron chi connectivity index (χ0n) is 19.0. The van der Waals surface area contributed by atoms with Crippen molar-refractivity contribution in [1.82, 2.24) is 14.7 Å². The summed E-state index contributed by atoms with van der Waals surface area (Å²) in [4.78, 5) is 31.4. The third-order valence-electron chi connectivity index (χ3n) is 6.74. The van der Waals surface area contributed by atoms with Gasteiger partial charge in [0.25, 0.3) is 11.8 Å². The standard InChI is InChI=1S/C27H24F3N3O2/c28-23-14-21(15-24(29)25(23)30)18-6-8-20(9-7-18)27(35)33-16-22(17-33)31-10-12-32(13-11-31)26(34)19-4-2-1-3-5-19/h1-9,14-15,22H,10-13,16-17H2. The lowest BCUT2D eigenvalue weighted by molar-refractivity contribution is 0.00854. The molecule has 0 N–H and O–H groups in total. The van der Waals surface area contributed by atoms with Crippen LogP contribution in [0.1, 0.15) is 20.7 Å². The van der Waals surface area contributed by atoms with Gasteiger partial charge in [-0.25, -0.2) is 13.2 Å². The van der Waals surface area contributed by atoms with Crippen LogP contribution in [-0.4, -0.2) is 71.8 Å². The molecule has 3 aromatic rings. The molecule has 0 aromatic heterocycles. The predicted octanol–water partition coefficient (Wildman–Crippen LogP) is 4.05. The number of halogens is 3. The van der Waals surface area contributed by atoms with Crippen molar-refractivity contribution in [1.29, 1.82) is 0 Å². The Morgan fingerprint density at radius 1 is 0.657 bits per heavy atom. The summed E-state index contributed by atoms with van der Waals surface area (Å²) in [6.07, 6.45) is 0. The summed E-state index contributed by atoms with van der Waals surface area (Å²) >= 11 is 0. The first-order valence-electron chi connectivity index (χ1n) is 11.5. The predicted molar refractivity (Wildman–Crippen MR) is 125 cm³/mol. The molecule has 2 saturated heterocycles. The average Bonchev–Trinajstić information content (AvgIpc) is 2.86. The van der Waals surface area contributed by atoms with E-state index in [1.165, 1.54) is 0 Å². The van der Waals surface area contributed by atoms with Gasteiger partial charge in [0, 0.05) is 56.4 Å². The van der Waals surface area contributed by atoms with Gasteiger partial charge in [-0.3, -0.25) is 14.5 Å². The molecule has 2 aliphatic rings. The minimum absolute atomic E-state index is 0.0465. The number of amides is 2. The lowest BCUT2D eigenvalue weighted by Crippen LogP contribution is -2.64. The van der Waals surface area contributed by atoms with Gasteiger partial charge in [-0.15, -0.1) is 0 Å². The minimum Gasteiger partial charge on any atom is -0.336 e. The van der Waals surface area contributed by atoms with Gasteiger partial charge in [0.1, 0.15) is 0 Å². The number of hydrogen-bond donors (Lipinski definition) is 0. The highest BCUT2D eigenvalue weighted by Gasteiger charge is 2.37. The van der Waals surface area contributed by atoms with Gasteiger partial charge in [0.05, 0.1) is 0 Å². The number of rotatable bonds is 4. The summed E-state index contributed by atoms with van der Waals surface area (Å²) in [6, 6.07) is 17.8. The molecule has 35 heavy (non-hydrogen) atoms. The molecule has 2 amide bonds. The number of nitrogens with zero attached hydrogens (tertiary/aromatic N) is 3. The van der Waals surface area contributed by atoms with Gasteiger partial charge in [-0.2, -0.15) is 0 Å². The fraction of sp³-hybridized carbons (Fsp3) is 0.259. The van der Waals surface area contributed by atoms with Crippen LogP contribution in [0.15, 0.2) is 66.7 Å². The molecule has 5 nitrogen and oxygen atoms in total. The van der Waals surface area contributed by atoms with E-state index in [1.54, 1.807) is 29.2 Å². The molecular formula is C27H24F3N3O2. The molecule has 2 heterocycles. The molecule has 0 saturated carbocycles. The monoisotopic (exact) mass is 479 g/mol. The normalized spacial score (nSPS) is 16.8. The van der Waals surface area contributed by atoms with Crippen LogP contribution in [0.4, 0.5) is 13.2 Å². The van der Waals surface area contributed by atoms with Crippen LogP contribution in [0, 0.1) is 17.5 Å². The first-order chi connectivity index (χ1) is 16.9. The van der Waals surface area contributed by atoms with Crippen LogP contribution in [0.2, 0.25) is 0 Å². The van der Waals surface area contributed by atoms with E-state index in [4.69, 9.17) is 0 Å². The maximum Gasteiger partial charge on any atom is 0.253 e. The highest BCUT2D eigenvalue weighted by Crippen LogP contribution is 2.26. The van der Waals surface area contributed by atoms with E-state index in [-0.39, 0.29) is 23.4 Å². The van der Waals surface area contributed by atoms with E-state index in [0.29, 0.717) is 42.9 Å². The highest BCUT2D eigenvalue weighted by atomic mass is 19.2. The Bertz CT molecular complexity index is 1210. The number of carbonyl (C=O) groups excluding carboxylic acids is 2. The maximum atomic E-state index is 13.5. The second kappa shape index (κ2) is 9.54. The zero-order chi connectivity index (χ0) is 24.5. The fourth-order valence-electron chi connectivity index (χ4n) is 4.62. The lowest BCUT2D eigenvalue weighted by Gasteiger charge is -2.48. The molecule has 0 bridgehead atoms. The number of hydrogen-bond acceptors (Lipinski definition) is 3. The van der Waals surface area contributed by atoms with E-state index in [0.717, 1.165) is 25.2 Å². The third-order valence-corrected chi connectivity index (χ3v) is 6.74. The van der Waals surface area contributed by atoms with E-state index in [2.05, 4.69) is 4.90 Å². The summed E-state index contributed by atoms with van der Waals surface area (Å²) in [5.74, 6) is -4.07. The number of carbonyl (C=O) groups is 2. The number of likely N-dealkylation sites (tertiary alicyclic amines) is 1. The molecule has 8 heteroatoms. The van der Waals surface area contributed by atoms with Crippen molar-refractivity contribution < 1.29 is 22.8 Å². The smallest absolute Gasteiger partial charge is 0.253 e. The highest BCUT2D eigenvalue weighted by molar-refractivity contribution is 5.95. The molecule has 0 unspecified atom stereocenters. The molecule has 0 aliphatic carbocycles. The molecule has 0 atom stereocenters. The van der Waals surface area contributed by atoms with Crippen molar-refractivity contribution >= 4 is 11.8 Å². The van der Waals surface area contributed by atoms with Crippen molar-refractivity contribution in [2.45, 2.75) is 6.04 Å². The molecule has 0 spiro atoms. The van der Waals surface area contributed by atoms with Crippen LogP contribution in [-0.2, 0) is 0 Å². The Kier molecular flexibility index (Phi) is 6.30. The Balaban J connectivity index is 1.13. The minimum atomic E-state index is -1.50. The van der Waals surface area contributed by atoms with Gasteiger partial charge in [0.15, 0.2) is 17.5 Å². The van der Waals surface area contributed by atoms with E-state index in [1.807, 2.05) is 35.2 Å². The van der Waals surface area contributed by atoms with Crippen molar-refractivity contribution in [3.05, 3.63) is 95.3 Å². The lowest BCUT2D eigenvalue weighted by atomic mass is 10.0. The molecule has 0 radical (unpaired) electrons. The second-order valence-electron chi connectivity index (χ2n) is 8.89. The van der Waals surface area contributed by atoms with Crippen LogP contribution < -0.4 is 0 Å². The summed E-state index contributed by atoms with van der Waals surface area (Å²) in [6.45, 7) is 4.08. The Hall–Kier alpha value is -3.65. The van der Waals surface area contributed by atoms with Crippen LogP contribution in [0.5, 0.6) is 0 Å². The van der Waals surface area contributed by atoms with E-state index >= 15 is 0 Å². The fourth-order valence-corrected chi connectivity index (χ4v) is 4.62. The molecule has 2 fully saturated rings. The average molecular weight is 480 g/mol. The van der Waals surface area contributed by atoms with Gasteiger partial charge in [0.2, 0.25) is 0 Å². The topological polar surface area (TPSA) is 43.9 Å². The molecular weight excluding hydrogens is 455 g/mol. The molecule has 5 rings (SSSR count). The SMILES string of the molecule is O=C(c1ccccc1)N1CCN(C2CN(C(=O)c3ccc(-c4cc(F)c(F)c(F)c4)cc3)C2)CC1. The van der Waals surface area contributed by atoms with Gasteiger partial charge < -0.3 is 9.80 Å². The maximum absolute atomic E-state index is 13.5. The Morgan fingerprint density at radius 3 is 1.80 bits per heavy atom. The first-order valence-corrected chi connectivity index (χ1v) is 11.5. The number of piperazine rings is 1. The van der Waals surface area contributed by atoms with Crippen molar-refractivity contribution in [2.24, 2.45) is 0 Å². The van der Waals surface area contributed by atoms with Crippen molar-refractivity contribution in [3.63, 3.8) is 0 Å². The quantitative estimate of drug-likeness (QED) is 0.531. The van der Waals surface area contributed by atoms with Crippen molar-refractivity contribution in [3.8, 4) is 11.1 Å². The summed E-state index contributed by atoms with van der Waals surface area (Å²) in [5.41, 5.74) is 1.87. The molecule has 2 aliphatic heterocycles. The van der Waals surface area contributed by atoms with E-state index < -0.39 is 17.5 Å². The summed E-state index contributed by atoms with van der Waals surface area (Å²) in [5, 5.41) is 0. The number of benzene rings is 3. The van der Waals surface area contributed by atoms with Crippen LogP contribution >= 0.6 is 0 Å². The van der Waals surface area contributed by atoms with Crippen LogP contribution in [0.3, 0.4) is 0 Å². The second-order valence-corrected chi connectivity index (χ2v) is 8.89. The largest absolute Gasteiger partial charge is 0.336 e. The third kappa shape index (κ3) is 4.66. The van der Waals surface area contributed by atoms with E-state index in [9.17, 15) is 22.8 Å². The van der Waals surface area contributed by atoms with Crippen molar-refractivity contribution in [2.75, 3.05) is 39.3 Å². The molecule has 3 aromatic carbocycles. The van der Waals surface area contributed by atoms with Gasteiger partial charge in [-0.05, 0) is 47.5 Å². The summed E-state index contributed by atoms with van der Waals surface area (Å²) in [7, 11) is 0.